The second-order valence-corrected chi connectivity index (χ2v) is 11.5. The van der Waals surface area contributed by atoms with Crippen molar-refractivity contribution in [1.29, 1.82) is 5.26 Å². The maximum atomic E-state index is 8.29. The van der Waals surface area contributed by atoms with Gasteiger partial charge in [-0.1, -0.05) is 36.5 Å². The van der Waals surface area contributed by atoms with Crippen molar-refractivity contribution in [3.63, 3.8) is 0 Å². The molecule has 0 aromatic heterocycles. The number of nitrogens with zero attached hydrogens (tertiary/aromatic N) is 2. The molecule has 0 saturated heterocycles. The van der Waals surface area contributed by atoms with Gasteiger partial charge >= 0.3 is 27.9 Å². The number of para-hydroxylation sites is 1. The van der Waals surface area contributed by atoms with Crippen LogP contribution in [-0.2, 0) is 13.7 Å². The molecule has 3 nitrogen and oxygen atoms in total. The van der Waals surface area contributed by atoms with Crippen LogP contribution in [0.2, 0.25) is 0 Å². The number of nitriles is 1. The first-order chi connectivity index (χ1) is 14.1. The van der Waals surface area contributed by atoms with Gasteiger partial charge in [-0.2, -0.15) is 11.3 Å². The van der Waals surface area contributed by atoms with Crippen molar-refractivity contribution < 1.29 is 18.2 Å². The molecule has 0 heterocycles. The third-order valence-corrected chi connectivity index (χ3v) is 6.40. The van der Waals surface area contributed by atoms with E-state index in [0.717, 1.165) is 11.3 Å². The van der Waals surface area contributed by atoms with Gasteiger partial charge in [0.05, 0.1) is 28.7 Å². The summed E-state index contributed by atoms with van der Waals surface area (Å²) in [5.41, 5.74) is 2.70. The van der Waals surface area contributed by atoms with Gasteiger partial charge < -0.3 is 9.52 Å². The molecule has 2 aromatic rings. The Labute approximate surface area is 199 Å². The Morgan fingerprint density at radius 1 is 0.967 bits per heavy atom. The number of aliphatic imine (C=N–C) groups is 1. The molecule has 2 rings (SSSR count). The molecule has 0 spiro atoms. The van der Waals surface area contributed by atoms with E-state index in [2.05, 4.69) is 87.6 Å². The summed E-state index contributed by atoms with van der Waals surface area (Å²) in [6.07, 6.45) is 3.15. The Kier molecular flexibility index (Phi) is 15.0. The van der Waals surface area contributed by atoms with E-state index >= 15 is 0 Å². The average molecular weight is 535 g/mol. The first kappa shape index (κ1) is 28.8. The molecule has 0 aliphatic heterocycles. The van der Waals surface area contributed by atoms with Gasteiger partial charge in [0.25, 0.3) is 0 Å². The fourth-order valence-corrected chi connectivity index (χ4v) is 4.65. The first-order valence-corrected chi connectivity index (χ1v) is 13.8. The van der Waals surface area contributed by atoms with Crippen molar-refractivity contribution in [3.8, 4) is 11.8 Å². The molecule has 30 heavy (non-hydrogen) atoms. The minimum atomic E-state index is -0.888. The minimum absolute atomic E-state index is 0.114. The van der Waals surface area contributed by atoms with Crippen molar-refractivity contribution in [2.75, 3.05) is 0 Å². The van der Waals surface area contributed by atoms with Gasteiger partial charge in [0.2, 0.25) is 0 Å². The van der Waals surface area contributed by atoms with E-state index < -0.39 is 8.15 Å². The summed E-state index contributed by atoms with van der Waals surface area (Å²) in [5, 5.41) is 8.29. The van der Waals surface area contributed by atoms with Crippen molar-refractivity contribution in [1.82, 2.24) is 0 Å². The molecule has 6 heteroatoms. The summed E-state index contributed by atoms with van der Waals surface area (Å²) in [4.78, 5) is 4.47. The summed E-state index contributed by atoms with van der Waals surface area (Å²) in [5.74, 6) is 0.914. The van der Waals surface area contributed by atoms with Crippen LogP contribution >= 0.6 is 22.4 Å². The molecule has 0 aliphatic rings. The van der Waals surface area contributed by atoms with Gasteiger partial charge in [0, 0.05) is 5.54 Å². The number of hydrogen-bond donors (Lipinski definition) is 0. The van der Waals surface area contributed by atoms with Crippen LogP contribution in [0.3, 0.4) is 0 Å². The van der Waals surface area contributed by atoms with E-state index in [1.165, 1.54) is 0 Å². The Morgan fingerprint density at radius 3 is 1.90 bits per heavy atom. The topological polar surface area (TPSA) is 45.4 Å². The first-order valence-electron chi connectivity index (χ1n) is 9.82. The fraction of sp³-hybridized carbons (Fsp3) is 0.417. The zero-order chi connectivity index (χ0) is 23.2. The van der Waals surface area contributed by atoms with Crippen molar-refractivity contribution >= 4 is 28.6 Å². The third-order valence-electron chi connectivity index (χ3n) is 3.67. The normalized spacial score (nSPS) is 10.9. The van der Waals surface area contributed by atoms with Crippen LogP contribution in [0.25, 0.3) is 0 Å². The average Bonchev–Trinajstić information content (AvgIpc) is 2.72. The molecule has 0 bridgehead atoms. The molecule has 0 aliphatic carbocycles. The van der Waals surface area contributed by atoms with Crippen LogP contribution < -0.4 is 4.52 Å². The second-order valence-electron chi connectivity index (χ2n) is 8.18. The van der Waals surface area contributed by atoms with Crippen LogP contribution in [0.4, 0.5) is 0 Å². The van der Waals surface area contributed by atoms with E-state index in [9.17, 15) is 0 Å². The molecule has 0 fully saturated rings. The number of hydrogen-bond acceptors (Lipinski definition) is 3. The van der Waals surface area contributed by atoms with E-state index in [0.29, 0.717) is 16.9 Å². The standard InChI is InChI=1S/C17H27NOP.C7H5N.BrH.Ni/c1-13(2)20(14(3)4)19-16-11-9-8-10-15(16)12-18-17(5,6)7;8-6-7-4-2-1-3-5-7;;/h8-11,13-14H,1-7H3;1-5H;1H;/q-1;;;+1. The SMILES string of the molecule is CC(C)[PH+](Oc1ccccc1[C-]=NC(C)(C)C)C(C)C.N#Cc1ccccc1.[Ni][Br]. The van der Waals surface area contributed by atoms with Crippen molar-refractivity contribution in [3.05, 3.63) is 65.7 Å². The molecular formula is C24H33BrN2NiOP. The maximum absolute atomic E-state index is 8.29. The molecule has 0 saturated carbocycles. The summed E-state index contributed by atoms with van der Waals surface area (Å²) in [6, 6.07) is 19.2. The van der Waals surface area contributed by atoms with Gasteiger partial charge in [0.1, 0.15) is 0 Å². The molecular weight excluding hydrogens is 502 g/mol. The molecule has 0 radical (unpaired) electrons. The number of halogens is 1. The van der Waals surface area contributed by atoms with Crippen LogP contribution in [0, 0.1) is 11.3 Å². The molecule has 0 N–H and O–H groups in total. The van der Waals surface area contributed by atoms with E-state index in [4.69, 9.17) is 9.79 Å². The van der Waals surface area contributed by atoms with E-state index in [1.807, 2.05) is 48.5 Å². The Hall–Kier alpha value is -1.20. The number of rotatable bonds is 5. The zero-order valence-electron chi connectivity index (χ0n) is 18.8. The Morgan fingerprint density at radius 2 is 1.47 bits per heavy atom. The van der Waals surface area contributed by atoms with Crippen LogP contribution in [0.5, 0.6) is 5.75 Å². The Bertz CT molecular complexity index is 776. The Balaban J connectivity index is 0.000000696. The predicted octanol–water partition coefficient (Wildman–Crippen LogP) is 7.51. The monoisotopic (exact) mass is 533 g/mol. The molecule has 0 atom stereocenters. The van der Waals surface area contributed by atoms with Gasteiger partial charge in [-0.3, -0.25) is 0 Å². The second kappa shape index (κ2) is 15.6. The fourth-order valence-electron chi connectivity index (χ4n) is 2.42. The van der Waals surface area contributed by atoms with Crippen LogP contribution in [-0.4, -0.2) is 23.1 Å². The van der Waals surface area contributed by atoms with Gasteiger partial charge in [0.15, 0.2) is 8.15 Å². The number of benzene rings is 2. The summed E-state index contributed by atoms with van der Waals surface area (Å²) >= 11 is 6.25. The van der Waals surface area contributed by atoms with Gasteiger partial charge in [-0.15, -0.1) is 11.6 Å². The zero-order valence-corrected chi connectivity index (χ0v) is 22.4. The molecule has 167 valence electrons. The molecule has 0 amide bonds. The molecule has 2 aromatic carbocycles. The predicted molar refractivity (Wildman–Crippen MR) is 132 cm³/mol. The van der Waals surface area contributed by atoms with Crippen molar-refractivity contribution in [2.45, 2.75) is 65.3 Å². The molecule has 0 unspecified atom stereocenters. The van der Waals surface area contributed by atoms with Crippen LogP contribution in [0.1, 0.15) is 59.6 Å². The summed E-state index contributed by atoms with van der Waals surface area (Å²) in [7, 11) is -0.888. The van der Waals surface area contributed by atoms with E-state index in [-0.39, 0.29) is 5.54 Å². The van der Waals surface area contributed by atoms with Crippen molar-refractivity contribution in [2.24, 2.45) is 4.99 Å². The van der Waals surface area contributed by atoms with E-state index in [1.54, 1.807) is 12.1 Å². The van der Waals surface area contributed by atoms with Gasteiger partial charge in [-0.25, -0.2) is 0 Å². The van der Waals surface area contributed by atoms with Crippen LogP contribution in [0.15, 0.2) is 59.6 Å². The summed E-state index contributed by atoms with van der Waals surface area (Å²) < 4.78 is 6.31. The van der Waals surface area contributed by atoms with Gasteiger partial charge in [-0.05, 0) is 60.6 Å². The summed E-state index contributed by atoms with van der Waals surface area (Å²) in [6.45, 7) is 15.2. The quantitative estimate of drug-likeness (QED) is 0.172. The third kappa shape index (κ3) is 12.5.